The molecular weight excluding hydrogens is 506 g/mol. The Morgan fingerprint density at radius 2 is 1.60 bits per heavy atom. The molecule has 40 heavy (non-hydrogen) atoms. The minimum absolute atomic E-state index is 0. The van der Waals surface area contributed by atoms with Crippen LogP contribution < -0.4 is 0 Å². The first-order valence-corrected chi connectivity index (χ1v) is 15.8. The van der Waals surface area contributed by atoms with E-state index >= 15 is 0 Å². The lowest BCUT2D eigenvalue weighted by Gasteiger charge is -2.35. The molecule has 5 rings (SSSR count). The van der Waals surface area contributed by atoms with Crippen molar-refractivity contribution in [2.24, 2.45) is 11.8 Å². The summed E-state index contributed by atoms with van der Waals surface area (Å²) in [6.07, 6.45) is 7.21. The normalized spacial score (nSPS) is 18.9. The van der Waals surface area contributed by atoms with Gasteiger partial charge >= 0.3 is 0 Å². The number of Topliss-reactive ketones (excluding diaryl/α,β-unsaturated/α-hetero) is 1. The number of nitrogens with zero attached hydrogens (tertiary/aromatic N) is 1. The van der Waals surface area contributed by atoms with E-state index in [4.69, 9.17) is 0 Å². The number of hydrogen-bond acceptors (Lipinski definition) is 3. The summed E-state index contributed by atoms with van der Waals surface area (Å²) < 4.78 is 0. The van der Waals surface area contributed by atoms with E-state index in [1.54, 1.807) is 11.3 Å². The van der Waals surface area contributed by atoms with Crippen LogP contribution in [0.3, 0.4) is 0 Å². The first-order valence-electron chi connectivity index (χ1n) is 14.9. The van der Waals surface area contributed by atoms with Gasteiger partial charge in [-0.1, -0.05) is 83.5 Å². The minimum atomic E-state index is 0. The number of benzene rings is 2. The Hall–Kier alpha value is -2.45. The molecule has 1 saturated heterocycles. The van der Waals surface area contributed by atoms with Crippen LogP contribution >= 0.6 is 11.3 Å². The molecule has 0 amide bonds. The van der Waals surface area contributed by atoms with Gasteiger partial charge < -0.3 is 0 Å². The summed E-state index contributed by atoms with van der Waals surface area (Å²) in [5.41, 5.74) is 7.90. The minimum Gasteiger partial charge on any atom is -0.294 e. The molecule has 2 nitrogen and oxygen atoms in total. The van der Waals surface area contributed by atoms with Crippen LogP contribution in [0, 0.1) is 18.8 Å². The van der Waals surface area contributed by atoms with Crippen LogP contribution in [0.25, 0.3) is 16.3 Å². The molecule has 2 aliphatic rings. The van der Waals surface area contributed by atoms with Gasteiger partial charge in [-0.3, -0.25) is 9.69 Å². The van der Waals surface area contributed by atoms with Gasteiger partial charge in [0, 0.05) is 12.9 Å². The van der Waals surface area contributed by atoms with E-state index in [1.807, 2.05) is 20.8 Å². The number of rotatable bonds is 5. The van der Waals surface area contributed by atoms with Gasteiger partial charge in [0.15, 0.2) is 5.78 Å². The number of fused-ring (bicyclic) bond motifs is 1. The van der Waals surface area contributed by atoms with Crippen LogP contribution in [0.15, 0.2) is 60.2 Å². The Kier molecular flexibility index (Phi) is 13.1. The zero-order valence-electron chi connectivity index (χ0n) is 25.4. The van der Waals surface area contributed by atoms with Gasteiger partial charge in [-0.15, -0.1) is 17.1 Å². The Labute approximate surface area is 250 Å². The fourth-order valence-corrected chi connectivity index (χ4v) is 6.76. The van der Waals surface area contributed by atoms with Gasteiger partial charge in [0.2, 0.25) is 0 Å². The smallest absolute Gasteiger partial charge is 0.175 e. The first-order chi connectivity index (χ1) is 18.7. The number of ketones is 1. The van der Waals surface area contributed by atoms with Crippen LogP contribution in [-0.2, 0) is 5.54 Å². The third-order valence-corrected chi connectivity index (χ3v) is 9.47. The second-order valence-electron chi connectivity index (χ2n) is 11.6. The van der Waals surface area contributed by atoms with Gasteiger partial charge in [-0.05, 0) is 117 Å². The number of hydrogen-bond donors (Lipinski definition) is 0. The largest absolute Gasteiger partial charge is 0.294 e. The van der Waals surface area contributed by atoms with Gasteiger partial charge in [0.05, 0.1) is 4.88 Å². The van der Waals surface area contributed by atoms with Gasteiger partial charge in [0.25, 0.3) is 0 Å². The highest BCUT2D eigenvalue weighted by atomic mass is 32.1. The molecule has 220 valence electrons. The van der Waals surface area contributed by atoms with Crippen LogP contribution in [0.1, 0.15) is 115 Å². The van der Waals surface area contributed by atoms with Crippen LogP contribution in [0.4, 0.5) is 0 Å². The Bertz CT molecular complexity index is 1290. The van der Waals surface area contributed by atoms with Crippen molar-refractivity contribution in [3.8, 4) is 0 Å². The monoisotopic (exact) mass is 561 g/mol. The fraction of sp³-hybridized carbons (Fsp3) is 0.514. The third kappa shape index (κ3) is 8.29. The highest BCUT2D eigenvalue weighted by Gasteiger charge is 2.33. The maximum atomic E-state index is 12.8. The SMILES string of the molecule is C.C=C=C(C)c1ccc2cc(C)ccc2c1.CC.CC1CCC(C(=O)c2cc(C(C)(C)N3CCCC3)cs2)CC1.[HH]. The molecule has 2 aromatic carbocycles. The van der Waals surface area contributed by atoms with E-state index in [9.17, 15) is 4.79 Å². The predicted molar refractivity (Wildman–Crippen MR) is 181 cm³/mol. The summed E-state index contributed by atoms with van der Waals surface area (Å²) in [5, 5.41) is 4.78. The summed E-state index contributed by atoms with van der Waals surface area (Å²) in [7, 11) is 0. The molecule has 1 aliphatic carbocycles. The lowest BCUT2D eigenvalue weighted by Crippen LogP contribution is -2.39. The summed E-state index contributed by atoms with van der Waals surface area (Å²) in [4.78, 5) is 16.3. The van der Waals surface area contributed by atoms with E-state index in [-0.39, 0.29) is 20.3 Å². The summed E-state index contributed by atoms with van der Waals surface area (Å²) >= 11 is 1.66. The second kappa shape index (κ2) is 15.5. The van der Waals surface area contributed by atoms with Crippen molar-refractivity contribution in [2.45, 2.75) is 100.0 Å². The number of carbonyl (C=O) groups excluding carboxylic acids is 1. The molecule has 2 heterocycles. The molecule has 2 fully saturated rings. The average molecular weight is 562 g/mol. The fourth-order valence-electron chi connectivity index (χ4n) is 5.67. The molecule has 0 radical (unpaired) electrons. The van der Waals surface area contributed by atoms with E-state index in [0.29, 0.717) is 5.78 Å². The topological polar surface area (TPSA) is 20.3 Å². The maximum Gasteiger partial charge on any atom is 0.175 e. The first kappa shape index (κ1) is 33.8. The molecule has 1 aromatic heterocycles. The van der Waals surface area contributed by atoms with Gasteiger partial charge in [-0.2, -0.15) is 0 Å². The second-order valence-corrected chi connectivity index (χ2v) is 12.6. The van der Waals surface area contributed by atoms with E-state index in [1.165, 1.54) is 66.2 Å². The lowest BCUT2D eigenvalue weighted by molar-refractivity contribution is 0.0879. The van der Waals surface area contributed by atoms with E-state index < -0.39 is 0 Å². The third-order valence-electron chi connectivity index (χ3n) is 8.53. The molecule has 0 bridgehead atoms. The Morgan fingerprint density at radius 3 is 2.23 bits per heavy atom. The maximum absolute atomic E-state index is 12.8. The molecule has 0 N–H and O–H groups in total. The zero-order valence-corrected chi connectivity index (χ0v) is 26.2. The number of likely N-dealkylation sites (tertiary alicyclic amines) is 1. The Morgan fingerprint density at radius 1 is 1.00 bits per heavy atom. The molecule has 3 heteroatoms. The average Bonchev–Trinajstić information content (AvgIpc) is 3.68. The van der Waals surface area contributed by atoms with Crippen molar-refractivity contribution in [1.29, 1.82) is 0 Å². The van der Waals surface area contributed by atoms with Crippen molar-refractivity contribution >= 4 is 33.5 Å². The van der Waals surface area contributed by atoms with Crippen LogP contribution in [0.5, 0.6) is 0 Å². The predicted octanol–water partition coefficient (Wildman–Crippen LogP) is 11.3. The number of thiophene rings is 1. The van der Waals surface area contributed by atoms with Crippen molar-refractivity contribution in [2.75, 3.05) is 13.1 Å². The van der Waals surface area contributed by atoms with Gasteiger partial charge in [-0.25, -0.2) is 0 Å². The zero-order chi connectivity index (χ0) is 28.6. The van der Waals surface area contributed by atoms with E-state index in [2.05, 4.69) is 92.7 Å². The molecule has 0 spiro atoms. The Balaban J connectivity index is 0.000000390. The van der Waals surface area contributed by atoms with Crippen molar-refractivity contribution in [1.82, 2.24) is 4.90 Å². The summed E-state index contributed by atoms with van der Waals surface area (Å²) in [6.45, 7) is 21.1. The number of carbonyl (C=O) groups is 1. The van der Waals surface area contributed by atoms with Crippen molar-refractivity contribution in [3.05, 3.63) is 81.7 Å². The van der Waals surface area contributed by atoms with Crippen LogP contribution in [-0.4, -0.2) is 23.8 Å². The molecule has 0 unspecified atom stereocenters. The molecule has 0 atom stereocenters. The molecule has 1 saturated carbocycles. The molecule has 3 aromatic rings. The van der Waals surface area contributed by atoms with E-state index in [0.717, 1.165) is 29.2 Å². The summed E-state index contributed by atoms with van der Waals surface area (Å²) in [5.74, 6) is 1.48. The van der Waals surface area contributed by atoms with Crippen molar-refractivity contribution < 1.29 is 6.22 Å². The lowest BCUT2D eigenvalue weighted by atomic mass is 9.80. The highest BCUT2D eigenvalue weighted by molar-refractivity contribution is 7.12. The number of aryl methyl sites for hydroxylation is 1. The number of allylic oxidation sites excluding steroid dienone is 1. The summed E-state index contributed by atoms with van der Waals surface area (Å²) in [6, 6.07) is 15.1. The van der Waals surface area contributed by atoms with Gasteiger partial charge in [0.1, 0.15) is 0 Å². The van der Waals surface area contributed by atoms with Crippen molar-refractivity contribution in [3.63, 3.8) is 0 Å². The highest BCUT2D eigenvalue weighted by Crippen LogP contribution is 2.36. The quantitative estimate of drug-likeness (QED) is 0.228. The van der Waals surface area contributed by atoms with Crippen LogP contribution in [0.2, 0.25) is 0 Å². The molecule has 1 aliphatic heterocycles. The standard InChI is InChI=1S/C19H29NOS.C15H14.C2H6.CH4.H2/c1-14-6-8-15(9-7-14)18(21)17-12-16(13-22-17)19(2,3)20-10-4-5-11-20;1-4-12(3)13-7-8-14-9-11(2)5-6-15(14)10-13;1-2;;/h12-15H,4-11H2,1-3H3;5-10H,1H2,2-3H3;1-2H3;1H4;1H. The molecular formula is C37H55NOS.